The number of amides is 1. The molecule has 2 unspecified atom stereocenters. The summed E-state index contributed by atoms with van der Waals surface area (Å²) in [6.07, 6.45) is 0.504. The quantitative estimate of drug-likeness (QED) is 0.771. The van der Waals surface area contributed by atoms with E-state index in [0.717, 1.165) is 6.42 Å². The molecular formula is C18H30N2O3. The molecule has 1 rings (SSSR count). The molecule has 0 bridgehead atoms. The van der Waals surface area contributed by atoms with Crippen LogP contribution in [0.1, 0.15) is 45.7 Å². The zero-order chi connectivity index (χ0) is 17.3. The summed E-state index contributed by atoms with van der Waals surface area (Å²) >= 11 is 0. The largest absolute Gasteiger partial charge is 0.444 e. The first-order valence-electron chi connectivity index (χ1n) is 8.12. The van der Waals surface area contributed by atoms with Gasteiger partial charge in [-0.3, -0.25) is 0 Å². The molecule has 0 heterocycles. The van der Waals surface area contributed by atoms with E-state index in [1.807, 2.05) is 39.0 Å². The van der Waals surface area contributed by atoms with Crippen molar-refractivity contribution in [2.75, 3.05) is 20.3 Å². The fraction of sp³-hybridized carbons (Fsp3) is 0.611. The van der Waals surface area contributed by atoms with Crippen LogP contribution in [0.5, 0.6) is 0 Å². The van der Waals surface area contributed by atoms with Crippen LogP contribution < -0.4 is 10.6 Å². The average Bonchev–Trinajstić information content (AvgIpc) is 2.49. The Bertz CT molecular complexity index is 457. The topological polar surface area (TPSA) is 59.6 Å². The summed E-state index contributed by atoms with van der Waals surface area (Å²) in [5, 5.41) is 6.37. The molecule has 0 aliphatic carbocycles. The fourth-order valence-corrected chi connectivity index (χ4v) is 2.22. The van der Waals surface area contributed by atoms with Gasteiger partial charge in [0.1, 0.15) is 5.60 Å². The first kappa shape index (κ1) is 19.5. The van der Waals surface area contributed by atoms with E-state index in [0.29, 0.717) is 13.2 Å². The number of nitrogens with one attached hydrogen (secondary N) is 2. The monoisotopic (exact) mass is 322 g/mol. The van der Waals surface area contributed by atoms with Gasteiger partial charge in [0.05, 0.1) is 12.6 Å². The molecule has 1 aromatic carbocycles. The van der Waals surface area contributed by atoms with Crippen molar-refractivity contribution in [3.05, 3.63) is 35.9 Å². The second kappa shape index (κ2) is 9.53. The number of benzene rings is 1. The molecule has 0 aliphatic heterocycles. The molecule has 0 fully saturated rings. The maximum atomic E-state index is 11.8. The number of hydrogen-bond donors (Lipinski definition) is 2. The third-order valence-electron chi connectivity index (χ3n) is 3.36. The Hall–Kier alpha value is -1.59. The summed E-state index contributed by atoms with van der Waals surface area (Å²) in [7, 11) is 1.69. The zero-order valence-corrected chi connectivity index (χ0v) is 14.9. The van der Waals surface area contributed by atoms with Crippen LogP contribution in [0.3, 0.4) is 0 Å². The summed E-state index contributed by atoms with van der Waals surface area (Å²) in [5.74, 6) is 0. The van der Waals surface area contributed by atoms with Gasteiger partial charge >= 0.3 is 6.09 Å². The zero-order valence-electron chi connectivity index (χ0n) is 14.9. The summed E-state index contributed by atoms with van der Waals surface area (Å²) < 4.78 is 10.6. The van der Waals surface area contributed by atoms with E-state index < -0.39 is 5.60 Å². The van der Waals surface area contributed by atoms with Crippen molar-refractivity contribution >= 4 is 6.09 Å². The SMILES string of the molecule is CCC(CNC(=O)OC(C)(C)C)NC(COC)c1ccccc1. The summed E-state index contributed by atoms with van der Waals surface area (Å²) in [4.78, 5) is 11.8. The molecule has 0 aromatic heterocycles. The van der Waals surface area contributed by atoms with E-state index in [-0.39, 0.29) is 18.2 Å². The summed E-state index contributed by atoms with van der Waals surface area (Å²) in [6.45, 7) is 8.74. The minimum Gasteiger partial charge on any atom is -0.444 e. The summed E-state index contributed by atoms with van der Waals surface area (Å²) in [6, 6.07) is 10.4. The Labute approximate surface area is 139 Å². The Morgan fingerprint density at radius 3 is 2.39 bits per heavy atom. The van der Waals surface area contributed by atoms with Crippen LogP contribution in [-0.4, -0.2) is 38.0 Å². The summed E-state index contributed by atoms with van der Waals surface area (Å²) in [5.41, 5.74) is 0.687. The minimum atomic E-state index is -0.484. The molecule has 1 amide bonds. The predicted molar refractivity (Wildman–Crippen MR) is 92.5 cm³/mol. The van der Waals surface area contributed by atoms with Gasteiger partial charge in [0.25, 0.3) is 0 Å². The van der Waals surface area contributed by atoms with Crippen LogP contribution in [0, 0.1) is 0 Å². The standard InChI is InChI=1S/C18H30N2O3/c1-6-15(12-19-17(21)23-18(2,3)4)20-16(13-22-5)14-10-8-7-9-11-14/h7-11,15-16,20H,6,12-13H2,1-5H3,(H,19,21). The highest BCUT2D eigenvalue weighted by Gasteiger charge is 2.19. The molecule has 23 heavy (non-hydrogen) atoms. The second-order valence-electron chi connectivity index (χ2n) is 6.57. The van der Waals surface area contributed by atoms with Gasteiger partial charge in [0, 0.05) is 19.7 Å². The first-order valence-corrected chi connectivity index (χ1v) is 8.12. The molecule has 0 saturated heterocycles. The van der Waals surface area contributed by atoms with Crippen LogP contribution in [0.15, 0.2) is 30.3 Å². The normalized spacial score (nSPS) is 14.1. The van der Waals surface area contributed by atoms with Crippen LogP contribution >= 0.6 is 0 Å². The van der Waals surface area contributed by atoms with E-state index in [2.05, 4.69) is 29.7 Å². The van der Waals surface area contributed by atoms with Gasteiger partial charge in [-0.15, -0.1) is 0 Å². The van der Waals surface area contributed by atoms with Gasteiger partial charge < -0.3 is 20.1 Å². The van der Waals surface area contributed by atoms with E-state index >= 15 is 0 Å². The van der Waals surface area contributed by atoms with Crippen molar-refractivity contribution in [2.24, 2.45) is 0 Å². The minimum absolute atomic E-state index is 0.0894. The molecule has 5 nitrogen and oxygen atoms in total. The third kappa shape index (κ3) is 8.00. The lowest BCUT2D eigenvalue weighted by Crippen LogP contribution is -2.44. The lowest BCUT2D eigenvalue weighted by atomic mass is 10.1. The number of carbonyl (C=O) groups excluding carboxylic acids is 1. The molecule has 1 aromatic rings. The van der Waals surface area contributed by atoms with Crippen LogP contribution in [0.25, 0.3) is 0 Å². The van der Waals surface area contributed by atoms with E-state index in [4.69, 9.17) is 9.47 Å². The van der Waals surface area contributed by atoms with Gasteiger partial charge in [-0.25, -0.2) is 4.79 Å². The number of alkyl carbamates (subject to hydrolysis) is 1. The molecular weight excluding hydrogens is 292 g/mol. The highest BCUT2D eigenvalue weighted by molar-refractivity contribution is 5.67. The lowest BCUT2D eigenvalue weighted by Gasteiger charge is -2.26. The molecule has 2 N–H and O–H groups in total. The highest BCUT2D eigenvalue weighted by Crippen LogP contribution is 2.14. The van der Waals surface area contributed by atoms with Crippen molar-refractivity contribution in [2.45, 2.75) is 51.8 Å². The third-order valence-corrected chi connectivity index (χ3v) is 3.36. The number of carbonyl (C=O) groups is 1. The van der Waals surface area contributed by atoms with Crippen molar-refractivity contribution in [3.8, 4) is 0 Å². The molecule has 0 spiro atoms. The Morgan fingerprint density at radius 2 is 1.87 bits per heavy atom. The van der Waals surface area contributed by atoms with Gasteiger partial charge in [-0.2, -0.15) is 0 Å². The molecule has 0 radical (unpaired) electrons. The highest BCUT2D eigenvalue weighted by atomic mass is 16.6. The van der Waals surface area contributed by atoms with E-state index in [1.165, 1.54) is 5.56 Å². The van der Waals surface area contributed by atoms with Gasteiger partial charge in [-0.1, -0.05) is 37.3 Å². The van der Waals surface area contributed by atoms with Crippen LogP contribution in [0.2, 0.25) is 0 Å². The Kier molecular flexibility index (Phi) is 8.06. The van der Waals surface area contributed by atoms with Gasteiger partial charge in [-0.05, 0) is 32.8 Å². The average molecular weight is 322 g/mol. The lowest BCUT2D eigenvalue weighted by molar-refractivity contribution is 0.0520. The number of methoxy groups -OCH3 is 1. The first-order chi connectivity index (χ1) is 10.9. The smallest absolute Gasteiger partial charge is 0.407 e. The molecule has 2 atom stereocenters. The molecule has 130 valence electrons. The number of ether oxygens (including phenoxy) is 2. The predicted octanol–water partition coefficient (Wildman–Crippen LogP) is 3.27. The molecule has 0 saturated carbocycles. The molecule has 0 aliphatic rings. The van der Waals surface area contributed by atoms with Crippen molar-refractivity contribution in [1.82, 2.24) is 10.6 Å². The van der Waals surface area contributed by atoms with Gasteiger partial charge in [0.2, 0.25) is 0 Å². The van der Waals surface area contributed by atoms with Crippen LogP contribution in [0.4, 0.5) is 4.79 Å². The van der Waals surface area contributed by atoms with Gasteiger partial charge in [0.15, 0.2) is 0 Å². The number of rotatable bonds is 8. The fourth-order valence-electron chi connectivity index (χ4n) is 2.22. The second-order valence-corrected chi connectivity index (χ2v) is 6.57. The maximum Gasteiger partial charge on any atom is 0.407 e. The van der Waals surface area contributed by atoms with Crippen molar-refractivity contribution < 1.29 is 14.3 Å². The van der Waals surface area contributed by atoms with Crippen LogP contribution in [-0.2, 0) is 9.47 Å². The molecule has 5 heteroatoms. The Balaban J connectivity index is 2.57. The van der Waals surface area contributed by atoms with Crippen molar-refractivity contribution in [1.29, 1.82) is 0 Å². The van der Waals surface area contributed by atoms with E-state index in [1.54, 1.807) is 7.11 Å². The number of hydrogen-bond acceptors (Lipinski definition) is 4. The Morgan fingerprint density at radius 1 is 1.22 bits per heavy atom. The van der Waals surface area contributed by atoms with Crippen molar-refractivity contribution in [3.63, 3.8) is 0 Å². The van der Waals surface area contributed by atoms with E-state index in [9.17, 15) is 4.79 Å². The maximum absolute atomic E-state index is 11.8.